The van der Waals surface area contributed by atoms with Crippen molar-refractivity contribution in [2.75, 3.05) is 13.1 Å². The van der Waals surface area contributed by atoms with Crippen molar-refractivity contribution in [3.63, 3.8) is 0 Å². The highest BCUT2D eigenvalue weighted by Crippen LogP contribution is 2.11. The molecule has 0 aromatic heterocycles. The van der Waals surface area contributed by atoms with Gasteiger partial charge >= 0.3 is 0 Å². The van der Waals surface area contributed by atoms with E-state index < -0.39 is 5.54 Å². The van der Waals surface area contributed by atoms with Gasteiger partial charge < -0.3 is 11.1 Å². The van der Waals surface area contributed by atoms with E-state index in [2.05, 4.69) is 5.32 Å². The summed E-state index contributed by atoms with van der Waals surface area (Å²) in [5.74, 6) is 0. The van der Waals surface area contributed by atoms with Gasteiger partial charge in [-0.3, -0.25) is 4.79 Å². The topological polar surface area (TPSA) is 55.1 Å². The number of carbonyl (C=O) groups excluding carboxylic acids is 1. The Morgan fingerprint density at radius 2 is 2.25 bits per heavy atom. The highest BCUT2D eigenvalue weighted by molar-refractivity contribution is 14.1. The molecule has 4 heteroatoms. The minimum Gasteiger partial charge on any atom is -0.316 e. The molecule has 3 nitrogen and oxygen atoms in total. The molecule has 0 radical (unpaired) electrons. The van der Waals surface area contributed by atoms with E-state index in [0.29, 0.717) is 13.1 Å². The van der Waals surface area contributed by atoms with E-state index in [1.54, 1.807) is 22.6 Å². The molecule has 1 aliphatic heterocycles. The predicted molar refractivity (Wildman–Crippen MR) is 38.8 cm³/mol. The molecule has 0 spiro atoms. The molecule has 1 aliphatic rings. The summed E-state index contributed by atoms with van der Waals surface area (Å²) in [7, 11) is 0. The summed E-state index contributed by atoms with van der Waals surface area (Å²) >= 11 is 1.73. The van der Waals surface area contributed by atoms with Crippen LogP contribution >= 0.6 is 22.6 Å². The third-order valence-electron chi connectivity index (χ3n) is 1.27. The van der Waals surface area contributed by atoms with Gasteiger partial charge in [-0.2, -0.15) is 0 Å². The Morgan fingerprint density at radius 1 is 1.75 bits per heavy atom. The summed E-state index contributed by atoms with van der Waals surface area (Å²) in [5.41, 5.74) is 4.98. The van der Waals surface area contributed by atoms with Crippen molar-refractivity contribution in [3.05, 3.63) is 0 Å². The fourth-order valence-corrected chi connectivity index (χ4v) is 0.915. The van der Waals surface area contributed by atoms with Gasteiger partial charge in [0, 0.05) is 35.7 Å². The molecule has 0 unspecified atom stereocenters. The molecular formula is C4H7IN2O. The van der Waals surface area contributed by atoms with Crippen LogP contribution in [0.3, 0.4) is 0 Å². The van der Waals surface area contributed by atoms with Crippen LogP contribution in [0.4, 0.5) is 0 Å². The quantitative estimate of drug-likeness (QED) is 0.456. The zero-order chi connectivity index (χ0) is 6.20. The fraction of sp³-hybridized carbons (Fsp3) is 0.750. The van der Waals surface area contributed by atoms with E-state index in [-0.39, 0.29) is 3.79 Å². The van der Waals surface area contributed by atoms with Crippen LogP contribution in [0.25, 0.3) is 0 Å². The first-order valence-electron chi connectivity index (χ1n) is 2.35. The summed E-state index contributed by atoms with van der Waals surface area (Å²) < 4.78 is 0.0499. The van der Waals surface area contributed by atoms with Crippen LogP contribution in [0.15, 0.2) is 0 Å². The molecule has 0 aromatic rings. The molecule has 0 atom stereocenters. The summed E-state index contributed by atoms with van der Waals surface area (Å²) in [6.07, 6.45) is 0. The van der Waals surface area contributed by atoms with Crippen molar-refractivity contribution in [1.82, 2.24) is 5.32 Å². The van der Waals surface area contributed by atoms with Crippen molar-refractivity contribution in [2.45, 2.75) is 5.54 Å². The number of hydrogen-bond donors (Lipinski definition) is 2. The molecule has 8 heavy (non-hydrogen) atoms. The summed E-state index contributed by atoms with van der Waals surface area (Å²) in [6.45, 7) is 1.27. The van der Waals surface area contributed by atoms with E-state index in [0.717, 1.165) is 0 Å². The van der Waals surface area contributed by atoms with Crippen molar-refractivity contribution in [3.8, 4) is 0 Å². The van der Waals surface area contributed by atoms with Crippen molar-refractivity contribution in [2.24, 2.45) is 5.73 Å². The highest BCUT2D eigenvalue weighted by Gasteiger charge is 2.38. The maximum atomic E-state index is 10.6. The van der Waals surface area contributed by atoms with Gasteiger partial charge in [0.2, 0.25) is 3.79 Å². The molecule has 1 heterocycles. The third kappa shape index (κ3) is 0.872. The average Bonchev–Trinajstić information content (AvgIpc) is 1.60. The molecular weight excluding hydrogens is 219 g/mol. The van der Waals surface area contributed by atoms with Gasteiger partial charge in [0.1, 0.15) is 5.54 Å². The zero-order valence-corrected chi connectivity index (χ0v) is 6.44. The van der Waals surface area contributed by atoms with Crippen molar-refractivity contribution >= 4 is 26.4 Å². The van der Waals surface area contributed by atoms with Crippen LogP contribution < -0.4 is 11.1 Å². The fourth-order valence-electron chi connectivity index (χ4n) is 0.533. The normalized spacial score (nSPS) is 24.2. The molecule has 1 rings (SSSR count). The Morgan fingerprint density at radius 3 is 2.25 bits per heavy atom. The lowest BCUT2D eigenvalue weighted by atomic mass is 9.97. The van der Waals surface area contributed by atoms with Gasteiger partial charge in [0.15, 0.2) is 0 Å². The second-order valence-electron chi connectivity index (χ2n) is 2.03. The number of halogens is 1. The monoisotopic (exact) mass is 226 g/mol. The third-order valence-corrected chi connectivity index (χ3v) is 2.35. The standard InChI is InChI=1S/C4H7IN2O/c5-3(8)4(6)1-7-2-4/h7H,1-2,6H2. The van der Waals surface area contributed by atoms with Gasteiger partial charge in [-0.1, -0.05) is 0 Å². The number of hydrogen-bond acceptors (Lipinski definition) is 3. The SMILES string of the molecule is NC1(C(=O)I)CNC1. The van der Waals surface area contributed by atoms with Gasteiger partial charge in [0.05, 0.1) is 0 Å². The molecule has 0 aliphatic carbocycles. The summed E-state index contributed by atoms with van der Waals surface area (Å²) in [5, 5.41) is 2.93. The van der Waals surface area contributed by atoms with E-state index >= 15 is 0 Å². The predicted octanol–water partition coefficient (Wildman–Crippen LogP) is -0.751. The molecule has 0 aromatic carbocycles. The lowest BCUT2D eigenvalue weighted by molar-refractivity contribution is -0.115. The van der Waals surface area contributed by atoms with E-state index in [1.807, 2.05) is 0 Å². The van der Waals surface area contributed by atoms with E-state index in [1.165, 1.54) is 0 Å². The molecule has 3 N–H and O–H groups in total. The van der Waals surface area contributed by atoms with Crippen LogP contribution in [0.5, 0.6) is 0 Å². The molecule has 0 bridgehead atoms. The van der Waals surface area contributed by atoms with Crippen LogP contribution in [-0.4, -0.2) is 22.4 Å². The molecule has 0 saturated carbocycles. The smallest absolute Gasteiger partial charge is 0.214 e. The molecule has 46 valence electrons. The zero-order valence-electron chi connectivity index (χ0n) is 4.28. The maximum Gasteiger partial charge on any atom is 0.214 e. The molecule has 0 amide bonds. The molecule has 1 fully saturated rings. The Hall–Kier alpha value is 0.320. The number of nitrogens with two attached hydrogens (primary N) is 1. The van der Waals surface area contributed by atoms with E-state index in [4.69, 9.17) is 5.73 Å². The lowest BCUT2D eigenvalue weighted by Crippen LogP contribution is -2.68. The van der Waals surface area contributed by atoms with E-state index in [9.17, 15) is 4.79 Å². The summed E-state index contributed by atoms with van der Waals surface area (Å²) in [4.78, 5) is 10.6. The minimum atomic E-state index is -0.541. The number of carbonyl (C=O) groups is 1. The van der Waals surface area contributed by atoms with Crippen LogP contribution in [0, 0.1) is 0 Å². The van der Waals surface area contributed by atoms with Gasteiger partial charge in [-0.05, 0) is 0 Å². The van der Waals surface area contributed by atoms with Crippen LogP contribution in [-0.2, 0) is 4.79 Å². The first-order valence-corrected chi connectivity index (χ1v) is 3.42. The van der Waals surface area contributed by atoms with Crippen molar-refractivity contribution < 1.29 is 4.79 Å². The Labute approximate surface area is 61.1 Å². The maximum absolute atomic E-state index is 10.6. The highest BCUT2D eigenvalue weighted by atomic mass is 127. The van der Waals surface area contributed by atoms with Crippen LogP contribution in [0.2, 0.25) is 0 Å². The summed E-state index contributed by atoms with van der Waals surface area (Å²) in [6, 6.07) is 0. The largest absolute Gasteiger partial charge is 0.316 e. The Kier molecular flexibility index (Phi) is 1.55. The Balaban J connectivity index is 2.53. The van der Waals surface area contributed by atoms with Gasteiger partial charge in [0.25, 0.3) is 0 Å². The Bertz CT molecular complexity index is 121. The second-order valence-corrected chi connectivity index (χ2v) is 3.01. The van der Waals surface area contributed by atoms with Gasteiger partial charge in [-0.15, -0.1) is 0 Å². The lowest BCUT2D eigenvalue weighted by Gasteiger charge is -2.35. The minimum absolute atomic E-state index is 0.0499. The first kappa shape index (κ1) is 6.44. The number of rotatable bonds is 1. The second kappa shape index (κ2) is 1.93. The average molecular weight is 226 g/mol. The van der Waals surface area contributed by atoms with Crippen LogP contribution in [0.1, 0.15) is 0 Å². The van der Waals surface area contributed by atoms with Gasteiger partial charge in [-0.25, -0.2) is 0 Å². The first-order chi connectivity index (χ1) is 3.65. The van der Waals surface area contributed by atoms with Crippen molar-refractivity contribution in [1.29, 1.82) is 0 Å². The molecule has 1 saturated heterocycles. The number of nitrogens with one attached hydrogen (secondary N) is 1.